The SMILES string of the molecule is Fc1ccc(-c2ncc[nH]2)cn1. The first-order valence-corrected chi connectivity index (χ1v) is 3.47. The predicted octanol–water partition coefficient (Wildman–Crippen LogP) is 1.61. The molecule has 4 heteroatoms. The van der Waals surface area contributed by atoms with Crippen LogP contribution in [0.4, 0.5) is 4.39 Å². The number of nitrogens with one attached hydrogen (secondary N) is 1. The molecule has 0 saturated heterocycles. The molecule has 2 rings (SSSR count). The molecule has 0 aliphatic heterocycles. The molecule has 0 saturated carbocycles. The number of nitrogens with zero attached hydrogens (tertiary/aromatic N) is 2. The van der Waals surface area contributed by atoms with Crippen molar-refractivity contribution in [2.24, 2.45) is 0 Å². The maximum absolute atomic E-state index is 12.4. The molecule has 0 bridgehead atoms. The van der Waals surface area contributed by atoms with Crippen molar-refractivity contribution in [1.82, 2.24) is 15.0 Å². The topological polar surface area (TPSA) is 41.6 Å². The third-order valence-electron chi connectivity index (χ3n) is 1.50. The van der Waals surface area contributed by atoms with E-state index in [0.29, 0.717) is 5.82 Å². The second-order valence-corrected chi connectivity index (χ2v) is 2.31. The quantitative estimate of drug-likeness (QED) is 0.649. The van der Waals surface area contributed by atoms with Gasteiger partial charge in [-0.1, -0.05) is 0 Å². The van der Waals surface area contributed by atoms with Crippen LogP contribution in [0, 0.1) is 5.95 Å². The predicted molar refractivity (Wildman–Crippen MR) is 41.8 cm³/mol. The zero-order valence-corrected chi connectivity index (χ0v) is 6.16. The second kappa shape index (κ2) is 2.73. The molecule has 2 aromatic rings. The fourth-order valence-electron chi connectivity index (χ4n) is 0.939. The van der Waals surface area contributed by atoms with E-state index in [1.165, 1.54) is 12.3 Å². The Kier molecular flexibility index (Phi) is 1.59. The second-order valence-electron chi connectivity index (χ2n) is 2.31. The third-order valence-corrected chi connectivity index (χ3v) is 1.50. The van der Waals surface area contributed by atoms with Crippen LogP contribution in [0.2, 0.25) is 0 Å². The monoisotopic (exact) mass is 163 g/mol. The van der Waals surface area contributed by atoms with E-state index >= 15 is 0 Å². The largest absolute Gasteiger partial charge is 0.345 e. The molecule has 0 aliphatic carbocycles. The first kappa shape index (κ1) is 6.97. The molecular weight excluding hydrogens is 157 g/mol. The number of hydrogen-bond acceptors (Lipinski definition) is 2. The molecule has 0 aromatic carbocycles. The summed E-state index contributed by atoms with van der Waals surface area (Å²) in [6, 6.07) is 2.93. The average molecular weight is 163 g/mol. The van der Waals surface area contributed by atoms with Gasteiger partial charge in [0, 0.05) is 24.2 Å². The van der Waals surface area contributed by atoms with Crippen LogP contribution in [-0.4, -0.2) is 15.0 Å². The van der Waals surface area contributed by atoms with Crippen molar-refractivity contribution in [3.8, 4) is 11.4 Å². The first-order valence-electron chi connectivity index (χ1n) is 3.47. The molecule has 0 radical (unpaired) electrons. The summed E-state index contributed by atoms with van der Waals surface area (Å²) in [7, 11) is 0. The number of aromatic amines is 1. The van der Waals surface area contributed by atoms with E-state index in [4.69, 9.17) is 0 Å². The third kappa shape index (κ3) is 1.18. The smallest absolute Gasteiger partial charge is 0.212 e. The van der Waals surface area contributed by atoms with Gasteiger partial charge in [0.25, 0.3) is 0 Å². The van der Waals surface area contributed by atoms with E-state index in [2.05, 4.69) is 15.0 Å². The lowest BCUT2D eigenvalue weighted by Gasteiger charge is -1.93. The molecule has 0 fully saturated rings. The molecule has 2 aromatic heterocycles. The van der Waals surface area contributed by atoms with E-state index in [1.54, 1.807) is 18.5 Å². The summed E-state index contributed by atoms with van der Waals surface area (Å²) in [6.07, 6.45) is 4.78. The van der Waals surface area contributed by atoms with E-state index in [1.807, 2.05) is 0 Å². The Morgan fingerprint density at radius 2 is 2.17 bits per heavy atom. The highest BCUT2D eigenvalue weighted by molar-refractivity contribution is 5.52. The number of halogens is 1. The van der Waals surface area contributed by atoms with Crippen molar-refractivity contribution in [2.45, 2.75) is 0 Å². The van der Waals surface area contributed by atoms with Crippen LogP contribution in [0.1, 0.15) is 0 Å². The summed E-state index contributed by atoms with van der Waals surface area (Å²) in [5.41, 5.74) is 0.779. The van der Waals surface area contributed by atoms with Crippen LogP contribution >= 0.6 is 0 Å². The van der Waals surface area contributed by atoms with Crippen LogP contribution in [0.3, 0.4) is 0 Å². The Morgan fingerprint density at radius 1 is 1.25 bits per heavy atom. The van der Waals surface area contributed by atoms with Crippen LogP contribution in [0.15, 0.2) is 30.7 Å². The minimum absolute atomic E-state index is 0.481. The van der Waals surface area contributed by atoms with Crippen LogP contribution in [0.5, 0.6) is 0 Å². The normalized spacial score (nSPS) is 10.1. The number of rotatable bonds is 1. The van der Waals surface area contributed by atoms with Crippen LogP contribution < -0.4 is 0 Å². The minimum Gasteiger partial charge on any atom is -0.345 e. The summed E-state index contributed by atoms with van der Waals surface area (Å²) >= 11 is 0. The van der Waals surface area contributed by atoms with Gasteiger partial charge < -0.3 is 4.98 Å². The van der Waals surface area contributed by atoms with Gasteiger partial charge in [0.15, 0.2) is 0 Å². The first-order chi connectivity index (χ1) is 5.86. The molecule has 0 aliphatic rings. The van der Waals surface area contributed by atoms with E-state index in [0.717, 1.165) is 5.56 Å². The van der Waals surface area contributed by atoms with Gasteiger partial charge in [-0.2, -0.15) is 4.39 Å². The lowest BCUT2D eigenvalue weighted by atomic mass is 10.3. The highest BCUT2D eigenvalue weighted by Crippen LogP contribution is 2.11. The van der Waals surface area contributed by atoms with Gasteiger partial charge in [-0.3, -0.25) is 0 Å². The maximum Gasteiger partial charge on any atom is 0.212 e. The molecule has 0 spiro atoms. The van der Waals surface area contributed by atoms with Gasteiger partial charge >= 0.3 is 0 Å². The van der Waals surface area contributed by atoms with Crippen LogP contribution in [-0.2, 0) is 0 Å². The van der Waals surface area contributed by atoms with Gasteiger partial charge in [-0.05, 0) is 12.1 Å². The molecule has 0 unspecified atom stereocenters. The summed E-state index contributed by atoms with van der Waals surface area (Å²) in [5, 5.41) is 0. The number of imidazole rings is 1. The highest BCUT2D eigenvalue weighted by Gasteiger charge is 1.98. The number of H-pyrrole nitrogens is 1. The lowest BCUT2D eigenvalue weighted by molar-refractivity contribution is 0.584. The zero-order chi connectivity index (χ0) is 8.39. The molecule has 3 nitrogen and oxygen atoms in total. The summed E-state index contributed by atoms with van der Waals surface area (Å²) in [5.74, 6) is 0.216. The Labute approximate surface area is 68.3 Å². The van der Waals surface area contributed by atoms with Crippen molar-refractivity contribution in [1.29, 1.82) is 0 Å². The fourth-order valence-corrected chi connectivity index (χ4v) is 0.939. The zero-order valence-electron chi connectivity index (χ0n) is 6.16. The molecule has 0 amide bonds. The number of hydrogen-bond donors (Lipinski definition) is 1. The molecular formula is C8H6FN3. The molecule has 12 heavy (non-hydrogen) atoms. The van der Waals surface area contributed by atoms with Crippen molar-refractivity contribution in [3.05, 3.63) is 36.7 Å². The fraction of sp³-hybridized carbons (Fsp3) is 0. The Hall–Kier alpha value is -1.71. The standard InChI is InChI=1S/C8H6FN3/c9-7-2-1-6(5-12-7)8-10-3-4-11-8/h1-5H,(H,10,11). The van der Waals surface area contributed by atoms with E-state index in [9.17, 15) is 4.39 Å². The Morgan fingerprint density at radius 3 is 2.75 bits per heavy atom. The highest BCUT2D eigenvalue weighted by atomic mass is 19.1. The van der Waals surface area contributed by atoms with Gasteiger partial charge in [0.1, 0.15) is 5.82 Å². The van der Waals surface area contributed by atoms with Crippen molar-refractivity contribution < 1.29 is 4.39 Å². The summed E-state index contributed by atoms with van der Waals surface area (Å²) in [4.78, 5) is 10.4. The molecule has 2 heterocycles. The summed E-state index contributed by atoms with van der Waals surface area (Å²) < 4.78 is 12.4. The van der Waals surface area contributed by atoms with E-state index < -0.39 is 5.95 Å². The Bertz CT molecular complexity index is 352. The maximum atomic E-state index is 12.4. The summed E-state index contributed by atoms with van der Waals surface area (Å²) in [6.45, 7) is 0. The molecule has 0 atom stereocenters. The number of aromatic nitrogens is 3. The van der Waals surface area contributed by atoms with E-state index in [-0.39, 0.29) is 0 Å². The molecule has 60 valence electrons. The van der Waals surface area contributed by atoms with Gasteiger partial charge in [-0.15, -0.1) is 0 Å². The van der Waals surface area contributed by atoms with Gasteiger partial charge in [0.2, 0.25) is 5.95 Å². The van der Waals surface area contributed by atoms with Gasteiger partial charge in [0.05, 0.1) is 0 Å². The van der Waals surface area contributed by atoms with Crippen LogP contribution in [0.25, 0.3) is 11.4 Å². The van der Waals surface area contributed by atoms with Crippen molar-refractivity contribution >= 4 is 0 Å². The lowest BCUT2D eigenvalue weighted by Crippen LogP contribution is -1.84. The van der Waals surface area contributed by atoms with Crippen molar-refractivity contribution in [2.75, 3.05) is 0 Å². The van der Waals surface area contributed by atoms with Crippen molar-refractivity contribution in [3.63, 3.8) is 0 Å². The number of pyridine rings is 1. The Balaban J connectivity index is 2.43. The van der Waals surface area contributed by atoms with Gasteiger partial charge in [-0.25, -0.2) is 9.97 Å². The average Bonchev–Trinajstić information content (AvgIpc) is 2.58. The minimum atomic E-state index is -0.481. The molecule has 1 N–H and O–H groups in total.